The third-order valence-corrected chi connectivity index (χ3v) is 7.21. The van der Waals surface area contributed by atoms with Crippen molar-refractivity contribution in [3.63, 3.8) is 0 Å². The van der Waals surface area contributed by atoms with E-state index in [2.05, 4.69) is 20.6 Å². The molecule has 0 saturated carbocycles. The summed E-state index contributed by atoms with van der Waals surface area (Å²) in [5.74, 6) is -0.449. The van der Waals surface area contributed by atoms with E-state index in [1.165, 1.54) is 14.2 Å². The van der Waals surface area contributed by atoms with Crippen LogP contribution < -0.4 is 10.6 Å². The molecule has 34 heavy (non-hydrogen) atoms. The summed E-state index contributed by atoms with van der Waals surface area (Å²) in [6.45, 7) is -0.0355. The molecule has 2 N–H and O–H groups in total. The molecule has 174 valence electrons. The smallest absolute Gasteiger partial charge is 0.250 e. The molecule has 0 fully saturated rings. The quantitative estimate of drug-likeness (QED) is 0.321. The molecule has 10 heteroatoms. The van der Waals surface area contributed by atoms with Crippen LogP contribution in [0.3, 0.4) is 0 Å². The Balaban J connectivity index is 1.60. The summed E-state index contributed by atoms with van der Waals surface area (Å²) in [6, 6.07) is 15.1. The first kappa shape index (κ1) is 24.0. The maximum Gasteiger partial charge on any atom is 0.250 e. The van der Waals surface area contributed by atoms with Crippen LogP contribution >= 0.6 is 21.6 Å². The molecule has 0 aliphatic rings. The Morgan fingerprint density at radius 3 is 1.59 bits per heavy atom. The summed E-state index contributed by atoms with van der Waals surface area (Å²) in [7, 11) is 6.07. The maximum absolute atomic E-state index is 12.0. The molecule has 0 saturated heterocycles. The molecule has 0 aliphatic carbocycles. The second kappa shape index (κ2) is 11.3. The average Bonchev–Trinajstić information content (AvgIpc) is 2.85. The van der Waals surface area contributed by atoms with Crippen LogP contribution in [0.5, 0.6) is 0 Å². The number of hydrogen-bond acceptors (Lipinski definition) is 8. The number of carbonyl (C=O) groups is 2. The second-order valence-electron chi connectivity index (χ2n) is 7.15. The maximum atomic E-state index is 12.0. The van der Waals surface area contributed by atoms with Crippen LogP contribution in [0.4, 0.5) is 11.4 Å². The van der Waals surface area contributed by atoms with Gasteiger partial charge in [0.2, 0.25) is 11.8 Å². The van der Waals surface area contributed by atoms with Crippen molar-refractivity contribution >= 4 is 66.6 Å². The fourth-order valence-electron chi connectivity index (χ4n) is 3.37. The van der Waals surface area contributed by atoms with E-state index in [9.17, 15) is 9.59 Å². The first-order chi connectivity index (χ1) is 16.6. The zero-order valence-corrected chi connectivity index (χ0v) is 20.2. The van der Waals surface area contributed by atoms with Gasteiger partial charge in [0, 0.05) is 47.2 Å². The third-order valence-electron chi connectivity index (χ3n) is 4.79. The van der Waals surface area contributed by atoms with Gasteiger partial charge in [0.1, 0.15) is 13.2 Å². The number of anilines is 2. The largest absolute Gasteiger partial charge is 0.375 e. The van der Waals surface area contributed by atoms with Gasteiger partial charge in [-0.3, -0.25) is 19.6 Å². The minimum Gasteiger partial charge on any atom is -0.375 e. The summed E-state index contributed by atoms with van der Waals surface area (Å²) in [5, 5.41) is 7.43. The minimum atomic E-state index is -0.224. The van der Waals surface area contributed by atoms with Crippen LogP contribution in [0.15, 0.2) is 70.7 Å². The van der Waals surface area contributed by atoms with Gasteiger partial charge in [0.25, 0.3) is 0 Å². The number of fused-ring (bicyclic) bond motifs is 2. The molecule has 0 unspecified atom stereocenters. The number of hydrogen-bond donors (Lipinski definition) is 2. The number of amides is 2. The number of nitrogens with zero attached hydrogens (tertiary/aromatic N) is 2. The first-order valence-corrected chi connectivity index (χ1v) is 12.4. The van der Waals surface area contributed by atoms with E-state index in [1.54, 1.807) is 34.0 Å². The summed E-state index contributed by atoms with van der Waals surface area (Å²) in [5.41, 5.74) is 2.94. The Morgan fingerprint density at radius 1 is 0.735 bits per heavy atom. The zero-order valence-electron chi connectivity index (χ0n) is 18.5. The average molecular weight is 495 g/mol. The number of pyridine rings is 2. The Morgan fingerprint density at radius 2 is 1.18 bits per heavy atom. The Kier molecular flexibility index (Phi) is 7.96. The number of methoxy groups -OCH3 is 2. The van der Waals surface area contributed by atoms with E-state index >= 15 is 0 Å². The number of ether oxygens (including phenoxy) is 2. The van der Waals surface area contributed by atoms with Gasteiger partial charge in [-0.25, -0.2) is 0 Å². The molecule has 0 aliphatic heterocycles. The number of nitrogens with one attached hydrogen (secondary N) is 2. The number of rotatable bonds is 9. The van der Waals surface area contributed by atoms with Crippen molar-refractivity contribution in [2.24, 2.45) is 0 Å². The Hall–Kier alpha value is -3.18. The van der Waals surface area contributed by atoms with Crippen molar-refractivity contribution < 1.29 is 19.1 Å². The Labute approximate surface area is 204 Å². The lowest BCUT2D eigenvalue weighted by atomic mass is 10.2. The summed E-state index contributed by atoms with van der Waals surface area (Å²) in [4.78, 5) is 35.0. The van der Waals surface area contributed by atoms with Crippen LogP contribution in [-0.2, 0) is 19.1 Å². The predicted octanol–water partition coefficient (Wildman–Crippen LogP) is 4.75. The van der Waals surface area contributed by atoms with Gasteiger partial charge in [0.15, 0.2) is 0 Å². The molecule has 8 nitrogen and oxygen atoms in total. The zero-order chi connectivity index (χ0) is 23.9. The fourth-order valence-corrected chi connectivity index (χ4v) is 5.63. The lowest BCUT2D eigenvalue weighted by Crippen LogP contribution is -2.17. The summed E-state index contributed by atoms with van der Waals surface area (Å²) < 4.78 is 9.81. The SMILES string of the molecule is COCC(=O)Nc1ccc(SSc2ccc(NC(=O)COC)c3cccnc23)c2ncccc12. The molecule has 4 aromatic rings. The molecular weight excluding hydrogens is 472 g/mol. The van der Waals surface area contributed by atoms with E-state index in [1.807, 2.05) is 48.5 Å². The highest BCUT2D eigenvalue weighted by Crippen LogP contribution is 2.44. The van der Waals surface area contributed by atoms with Crippen molar-refractivity contribution in [1.29, 1.82) is 0 Å². The molecule has 2 heterocycles. The van der Waals surface area contributed by atoms with E-state index in [0.29, 0.717) is 11.4 Å². The van der Waals surface area contributed by atoms with E-state index in [4.69, 9.17) is 9.47 Å². The van der Waals surface area contributed by atoms with Gasteiger partial charge in [-0.15, -0.1) is 0 Å². The van der Waals surface area contributed by atoms with Crippen molar-refractivity contribution in [2.75, 3.05) is 38.1 Å². The summed E-state index contributed by atoms with van der Waals surface area (Å²) in [6.07, 6.45) is 3.46. The first-order valence-electron chi connectivity index (χ1n) is 10.3. The van der Waals surface area contributed by atoms with Gasteiger partial charge in [0.05, 0.1) is 22.4 Å². The molecule has 0 radical (unpaired) electrons. The van der Waals surface area contributed by atoms with Crippen LogP contribution in [0.25, 0.3) is 21.8 Å². The number of aromatic nitrogens is 2. The van der Waals surface area contributed by atoms with Crippen molar-refractivity contribution in [2.45, 2.75) is 9.79 Å². The van der Waals surface area contributed by atoms with Crippen LogP contribution in [0.2, 0.25) is 0 Å². The van der Waals surface area contributed by atoms with E-state index < -0.39 is 0 Å². The fraction of sp³-hybridized carbons (Fsp3) is 0.167. The van der Waals surface area contributed by atoms with E-state index in [0.717, 1.165) is 31.6 Å². The minimum absolute atomic E-state index is 0.0178. The van der Waals surface area contributed by atoms with Gasteiger partial charge in [-0.05, 0) is 48.5 Å². The normalized spacial score (nSPS) is 11.0. The van der Waals surface area contributed by atoms with Crippen molar-refractivity contribution in [3.05, 3.63) is 60.9 Å². The molecule has 0 spiro atoms. The van der Waals surface area contributed by atoms with Gasteiger partial charge < -0.3 is 20.1 Å². The van der Waals surface area contributed by atoms with Crippen LogP contribution in [-0.4, -0.2) is 49.2 Å². The Bertz CT molecular complexity index is 1250. The van der Waals surface area contributed by atoms with Crippen molar-refractivity contribution in [1.82, 2.24) is 9.97 Å². The molecule has 4 rings (SSSR count). The van der Waals surface area contributed by atoms with Gasteiger partial charge in [-0.2, -0.15) is 0 Å². The number of benzene rings is 2. The highest BCUT2D eigenvalue weighted by Gasteiger charge is 2.14. The summed E-state index contributed by atoms with van der Waals surface area (Å²) >= 11 is 0. The lowest BCUT2D eigenvalue weighted by Gasteiger charge is -2.13. The van der Waals surface area contributed by atoms with Crippen molar-refractivity contribution in [3.8, 4) is 0 Å². The van der Waals surface area contributed by atoms with Crippen LogP contribution in [0.1, 0.15) is 0 Å². The topological polar surface area (TPSA) is 102 Å². The molecule has 2 amide bonds. The van der Waals surface area contributed by atoms with E-state index in [-0.39, 0.29) is 25.0 Å². The lowest BCUT2D eigenvalue weighted by molar-refractivity contribution is -0.120. The molecule has 0 bridgehead atoms. The molecule has 0 atom stereocenters. The molecule has 2 aromatic heterocycles. The molecule has 2 aromatic carbocycles. The highest BCUT2D eigenvalue weighted by atomic mass is 33.1. The predicted molar refractivity (Wildman–Crippen MR) is 136 cm³/mol. The third kappa shape index (κ3) is 5.48. The molecular formula is C24H22N4O4S2. The second-order valence-corrected chi connectivity index (χ2v) is 9.36. The van der Waals surface area contributed by atoms with Gasteiger partial charge in [-0.1, -0.05) is 21.6 Å². The highest BCUT2D eigenvalue weighted by molar-refractivity contribution is 8.76. The monoisotopic (exact) mass is 494 g/mol. The van der Waals surface area contributed by atoms with Gasteiger partial charge >= 0.3 is 0 Å². The van der Waals surface area contributed by atoms with Crippen LogP contribution in [0, 0.1) is 0 Å². The number of carbonyl (C=O) groups excluding carboxylic acids is 2. The standard InChI is InChI=1S/C24H22N4O4S2/c1-31-13-21(29)27-17-7-9-19(23-15(17)5-3-11-25-23)33-34-20-10-8-18(28-22(30)14-32-2)16-6-4-12-26-24(16)20/h3-12H,13-14H2,1-2H3,(H,27,29)(H,28,30).